The lowest BCUT2D eigenvalue weighted by atomic mass is 10.0. The van der Waals surface area contributed by atoms with Gasteiger partial charge in [0.15, 0.2) is 6.29 Å². The van der Waals surface area contributed by atoms with Crippen molar-refractivity contribution in [3.63, 3.8) is 0 Å². The minimum Gasteiger partial charge on any atom is -0.497 e. The van der Waals surface area contributed by atoms with Crippen LogP contribution in [-0.2, 0) is 9.47 Å². The summed E-state index contributed by atoms with van der Waals surface area (Å²) in [6, 6.07) is 8.39. The second-order valence-corrected chi connectivity index (χ2v) is 4.29. The molecule has 1 aromatic carbocycles. The molecule has 0 aliphatic carbocycles. The van der Waals surface area contributed by atoms with Crippen LogP contribution >= 0.6 is 0 Å². The highest BCUT2D eigenvalue weighted by atomic mass is 16.7. The van der Waals surface area contributed by atoms with Crippen LogP contribution in [0, 0.1) is 0 Å². The first kappa shape index (κ1) is 13.3. The minimum atomic E-state index is -0.0869. The van der Waals surface area contributed by atoms with E-state index in [9.17, 15) is 0 Å². The van der Waals surface area contributed by atoms with Gasteiger partial charge in [-0.3, -0.25) is 0 Å². The maximum atomic E-state index is 5.51. The summed E-state index contributed by atoms with van der Waals surface area (Å²) >= 11 is 0. The third-order valence-electron chi connectivity index (χ3n) is 3.09. The molecule has 1 saturated heterocycles. The molecule has 1 aromatic rings. The molecule has 1 unspecified atom stereocenters. The molecule has 1 atom stereocenters. The third kappa shape index (κ3) is 3.45. The first-order chi connectivity index (χ1) is 8.83. The lowest BCUT2D eigenvalue weighted by Crippen LogP contribution is -2.25. The minimum absolute atomic E-state index is 0.0869. The Kier molecular flexibility index (Phi) is 4.99. The van der Waals surface area contributed by atoms with Gasteiger partial charge in [-0.2, -0.15) is 0 Å². The molecule has 0 bridgehead atoms. The zero-order valence-corrected chi connectivity index (χ0v) is 11.0. The topological polar surface area (TPSA) is 39.7 Å². The third-order valence-corrected chi connectivity index (χ3v) is 3.09. The number of benzene rings is 1. The average Bonchev–Trinajstić information content (AvgIpc) is 2.91. The Balaban J connectivity index is 2.02. The maximum absolute atomic E-state index is 5.51. The summed E-state index contributed by atoms with van der Waals surface area (Å²) in [6.45, 7) is 4.43. The van der Waals surface area contributed by atoms with Crippen molar-refractivity contribution in [2.45, 2.75) is 25.7 Å². The van der Waals surface area contributed by atoms with Crippen LogP contribution in [0.3, 0.4) is 0 Å². The van der Waals surface area contributed by atoms with E-state index >= 15 is 0 Å². The molecular formula is C14H21NO3. The van der Waals surface area contributed by atoms with Gasteiger partial charge >= 0.3 is 0 Å². The first-order valence-corrected chi connectivity index (χ1v) is 6.44. The second-order valence-electron chi connectivity index (χ2n) is 4.29. The van der Waals surface area contributed by atoms with E-state index in [-0.39, 0.29) is 12.3 Å². The zero-order valence-electron chi connectivity index (χ0n) is 11.0. The molecule has 4 nitrogen and oxygen atoms in total. The Labute approximate surface area is 108 Å². The van der Waals surface area contributed by atoms with Gasteiger partial charge in [-0.05, 0) is 24.2 Å². The Morgan fingerprint density at radius 1 is 1.28 bits per heavy atom. The van der Waals surface area contributed by atoms with Gasteiger partial charge in [-0.15, -0.1) is 0 Å². The van der Waals surface area contributed by atoms with E-state index in [1.165, 1.54) is 5.56 Å². The molecule has 1 aliphatic rings. The molecule has 1 N–H and O–H groups in total. The molecule has 100 valence electrons. The van der Waals surface area contributed by atoms with Crippen LogP contribution in [0.2, 0.25) is 0 Å². The van der Waals surface area contributed by atoms with E-state index in [4.69, 9.17) is 14.2 Å². The maximum Gasteiger partial charge on any atom is 0.159 e. The number of hydrogen-bond donors (Lipinski definition) is 1. The molecule has 1 aliphatic heterocycles. The fourth-order valence-corrected chi connectivity index (χ4v) is 2.16. The predicted octanol–water partition coefficient (Wildman–Crippen LogP) is 2.11. The molecular weight excluding hydrogens is 230 g/mol. The SMILES string of the molecule is CCNC(CC1OCCO1)c1ccc(OC)cc1. The summed E-state index contributed by atoms with van der Waals surface area (Å²) in [4.78, 5) is 0. The van der Waals surface area contributed by atoms with E-state index in [1.807, 2.05) is 12.1 Å². The van der Waals surface area contributed by atoms with Crippen molar-refractivity contribution >= 4 is 0 Å². The lowest BCUT2D eigenvalue weighted by molar-refractivity contribution is -0.0529. The van der Waals surface area contributed by atoms with E-state index in [0.29, 0.717) is 13.2 Å². The summed E-state index contributed by atoms with van der Waals surface area (Å²) in [5, 5.41) is 3.46. The van der Waals surface area contributed by atoms with E-state index in [2.05, 4.69) is 24.4 Å². The Morgan fingerprint density at radius 3 is 2.50 bits per heavy atom. The van der Waals surface area contributed by atoms with E-state index in [1.54, 1.807) is 7.11 Å². The van der Waals surface area contributed by atoms with E-state index < -0.39 is 0 Å². The van der Waals surface area contributed by atoms with Gasteiger partial charge in [0.2, 0.25) is 0 Å². The molecule has 0 saturated carbocycles. The Morgan fingerprint density at radius 2 is 1.94 bits per heavy atom. The van der Waals surface area contributed by atoms with Gasteiger partial charge in [0.05, 0.1) is 20.3 Å². The van der Waals surface area contributed by atoms with E-state index in [0.717, 1.165) is 18.7 Å². The molecule has 0 amide bonds. The van der Waals surface area contributed by atoms with Gasteiger partial charge in [0.1, 0.15) is 5.75 Å². The standard InChI is InChI=1S/C14H21NO3/c1-3-15-13(10-14-17-8-9-18-14)11-4-6-12(16-2)7-5-11/h4-7,13-15H,3,8-10H2,1-2H3. The highest BCUT2D eigenvalue weighted by molar-refractivity contribution is 5.29. The van der Waals surface area contributed by atoms with Crippen molar-refractivity contribution in [3.8, 4) is 5.75 Å². The van der Waals surface area contributed by atoms with Crippen LogP contribution in [-0.4, -0.2) is 33.2 Å². The quantitative estimate of drug-likeness (QED) is 0.840. The monoisotopic (exact) mass is 251 g/mol. The number of methoxy groups -OCH3 is 1. The van der Waals surface area contributed by atoms with Crippen LogP contribution in [0.1, 0.15) is 24.9 Å². The van der Waals surface area contributed by atoms with Crippen molar-refractivity contribution in [2.75, 3.05) is 26.9 Å². The summed E-state index contributed by atoms with van der Waals surface area (Å²) in [7, 11) is 1.68. The zero-order chi connectivity index (χ0) is 12.8. The van der Waals surface area contributed by atoms with Crippen molar-refractivity contribution in [3.05, 3.63) is 29.8 Å². The van der Waals surface area contributed by atoms with Gasteiger partial charge in [0.25, 0.3) is 0 Å². The van der Waals surface area contributed by atoms with Crippen LogP contribution < -0.4 is 10.1 Å². The normalized spacial score (nSPS) is 17.9. The predicted molar refractivity (Wildman–Crippen MR) is 69.7 cm³/mol. The van der Waals surface area contributed by atoms with Crippen molar-refractivity contribution in [2.24, 2.45) is 0 Å². The summed E-state index contributed by atoms with van der Waals surface area (Å²) < 4.78 is 16.2. The fourth-order valence-electron chi connectivity index (χ4n) is 2.16. The smallest absolute Gasteiger partial charge is 0.159 e. The van der Waals surface area contributed by atoms with Crippen LogP contribution in [0.15, 0.2) is 24.3 Å². The molecule has 4 heteroatoms. The lowest BCUT2D eigenvalue weighted by Gasteiger charge is -2.21. The van der Waals surface area contributed by atoms with Crippen LogP contribution in [0.4, 0.5) is 0 Å². The molecule has 1 fully saturated rings. The molecule has 0 spiro atoms. The first-order valence-electron chi connectivity index (χ1n) is 6.44. The Hall–Kier alpha value is -1.10. The summed E-state index contributed by atoms with van der Waals surface area (Å²) in [5.74, 6) is 0.877. The molecule has 18 heavy (non-hydrogen) atoms. The number of hydrogen-bond acceptors (Lipinski definition) is 4. The van der Waals surface area contributed by atoms with Crippen LogP contribution in [0.5, 0.6) is 5.75 Å². The van der Waals surface area contributed by atoms with Gasteiger partial charge < -0.3 is 19.5 Å². The fraction of sp³-hybridized carbons (Fsp3) is 0.571. The van der Waals surface area contributed by atoms with Gasteiger partial charge in [-0.1, -0.05) is 19.1 Å². The largest absolute Gasteiger partial charge is 0.497 e. The highest BCUT2D eigenvalue weighted by Crippen LogP contribution is 2.24. The van der Waals surface area contributed by atoms with Gasteiger partial charge in [0, 0.05) is 12.5 Å². The molecule has 0 aromatic heterocycles. The summed E-state index contributed by atoms with van der Waals surface area (Å²) in [6.07, 6.45) is 0.747. The van der Waals surface area contributed by atoms with Crippen molar-refractivity contribution < 1.29 is 14.2 Å². The second kappa shape index (κ2) is 6.73. The average molecular weight is 251 g/mol. The Bertz CT molecular complexity index is 347. The molecule has 0 radical (unpaired) electrons. The van der Waals surface area contributed by atoms with Crippen LogP contribution in [0.25, 0.3) is 0 Å². The molecule has 1 heterocycles. The highest BCUT2D eigenvalue weighted by Gasteiger charge is 2.22. The number of nitrogens with one attached hydrogen (secondary N) is 1. The number of ether oxygens (including phenoxy) is 3. The molecule has 2 rings (SSSR count). The number of rotatable bonds is 6. The van der Waals surface area contributed by atoms with Crippen molar-refractivity contribution in [1.82, 2.24) is 5.32 Å². The summed E-state index contributed by atoms with van der Waals surface area (Å²) in [5.41, 5.74) is 1.23. The van der Waals surface area contributed by atoms with Gasteiger partial charge in [-0.25, -0.2) is 0 Å². The van der Waals surface area contributed by atoms with Crippen molar-refractivity contribution in [1.29, 1.82) is 0 Å².